The maximum atomic E-state index is 14.0. The van der Waals surface area contributed by atoms with Crippen molar-refractivity contribution in [3.05, 3.63) is 84.5 Å². The first-order chi connectivity index (χ1) is 19.1. The normalized spacial score (nSPS) is 15.0. The van der Waals surface area contributed by atoms with Gasteiger partial charge in [0, 0.05) is 12.5 Å². The van der Waals surface area contributed by atoms with E-state index in [4.69, 9.17) is 18.9 Å². The largest absolute Gasteiger partial charge is 0.491 e. The van der Waals surface area contributed by atoms with E-state index >= 15 is 0 Å². The molecule has 9 nitrogen and oxygen atoms in total. The van der Waals surface area contributed by atoms with Crippen molar-refractivity contribution >= 4 is 29.4 Å². The molecule has 0 unspecified atom stereocenters. The summed E-state index contributed by atoms with van der Waals surface area (Å²) < 4.78 is 24.3. The number of thiazole rings is 1. The molecule has 1 atom stereocenters. The Morgan fingerprint density at radius 3 is 2.50 bits per heavy atom. The van der Waals surface area contributed by atoms with Crippen LogP contribution < -0.4 is 29.1 Å². The van der Waals surface area contributed by atoms with Gasteiger partial charge in [0.2, 0.25) is 0 Å². The van der Waals surface area contributed by atoms with Crippen LogP contribution in [0.25, 0.3) is 6.08 Å². The van der Waals surface area contributed by atoms with Crippen LogP contribution in [0.2, 0.25) is 0 Å². The molecule has 0 fully saturated rings. The van der Waals surface area contributed by atoms with Gasteiger partial charge in [0.1, 0.15) is 11.8 Å². The van der Waals surface area contributed by atoms with E-state index in [9.17, 15) is 14.4 Å². The van der Waals surface area contributed by atoms with E-state index in [-0.39, 0.29) is 23.8 Å². The van der Waals surface area contributed by atoms with Crippen LogP contribution in [0.15, 0.2) is 63.5 Å². The maximum Gasteiger partial charge on any atom is 0.338 e. The zero-order valence-electron chi connectivity index (χ0n) is 23.3. The fourth-order valence-corrected chi connectivity index (χ4v) is 5.47. The molecule has 1 aliphatic rings. The van der Waals surface area contributed by atoms with Crippen molar-refractivity contribution in [3.8, 4) is 17.2 Å². The second-order valence-corrected chi connectivity index (χ2v) is 10.2. The van der Waals surface area contributed by atoms with Crippen LogP contribution in [0.1, 0.15) is 58.7 Å². The molecule has 0 radical (unpaired) electrons. The van der Waals surface area contributed by atoms with Crippen molar-refractivity contribution in [2.75, 3.05) is 13.2 Å². The first-order valence-corrected chi connectivity index (χ1v) is 13.9. The SMILES string of the molecule is CCOC(=O)C1=C(C)N=c2s/c(=C\c3ccc(OC(C)=O)c(OCC)c3)c(=O)n2[C@H]1c1ccccc1OC(C)C. The number of carbonyl (C=O) groups excluding carboxylic acids is 2. The van der Waals surface area contributed by atoms with E-state index in [1.807, 2.05) is 45.0 Å². The molecule has 0 N–H and O–H groups in total. The predicted octanol–water partition coefficient (Wildman–Crippen LogP) is 3.91. The summed E-state index contributed by atoms with van der Waals surface area (Å²) >= 11 is 1.21. The maximum absolute atomic E-state index is 14.0. The molecule has 0 saturated heterocycles. The topological polar surface area (TPSA) is 105 Å². The second kappa shape index (κ2) is 12.3. The number of nitrogens with zero attached hydrogens (tertiary/aromatic N) is 2. The Morgan fingerprint density at radius 1 is 1.07 bits per heavy atom. The molecule has 0 bridgehead atoms. The average Bonchev–Trinajstić information content (AvgIpc) is 3.19. The number of hydrogen-bond acceptors (Lipinski definition) is 9. The van der Waals surface area contributed by atoms with Crippen molar-refractivity contribution in [1.82, 2.24) is 4.57 Å². The van der Waals surface area contributed by atoms with Gasteiger partial charge in [0.25, 0.3) is 5.56 Å². The summed E-state index contributed by atoms with van der Waals surface area (Å²) in [4.78, 5) is 43.7. The van der Waals surface area contributed by atoms with E-state index in [0.29, 0.717) is 50.0 Å². The molecule has 1 aliphatic heterocycles. The summed E-state index contributed by atoms with van der Waals surface area (Å²) in [5, 5.41) is 0. The molecular formula is C30H32N2O7S. The fraction of sp³-hybridized carbons (Fsp3) is 0.333. The number of hydrogen-bond donors (Lipinski definition) is 0. The molecule has 210 valence electrons. The number of ether oxygens (including phenoxy) is 4. The monoisotopic (exact) mass is 564 g/mol. The third-order valence-electron chi connectivity index (χ3n) is 5.91. The third kappa shape index (κ3) is 6.02. The summed E-state index contributed by atoms with van der Waals surface area (Å²) in [6.07, 6.45) is 1.60. The Balaban J connectivity index is 1.92. The minimum atomic E-state index is -0.794. The average molecular weight is 565 g/mol. The Kier molecular flexibility index (Phi) is 8.89. The molecule has 0 spiro atoms. The van der Waals surface area contributed by atoms with Crippen LogP contribution in [0.3, 0.4) is 0 Å². The van der Waals surface area contributed by atoms with Crippen LogP contribution in [0.4, 0.5) is 0 Å². The summed E-state index contributed by atoms with van der Waals surface area (Å²) in [7, 11) is 0. The van der Waals surface area contributed by atoms with Gasteiger partial charge in [0.15, 0.2) is 16.3 Å². The van der Waals surface area contributed by atoms with E-state index in [1.54, 1.807) is 38.1 Å². The highest BCUT2D eigenvalue weighted by molar-refractivity contribution is 7.07. The molecule has 1 aromatic heterocycles. The first-order valence-electron chi connectivity index (χ1n) is 13.0. The van der Waals surface area contributed by atoms with Gasteiger partial charge >= 0.3 is 11.9 Å². The molecule has 0 aliphatic carbocycles. The van der Waals surface area contributed by atoms with Gasteiger partial charge in [-0.25, -0.2) is 9.79 Å². The van der Waals surface area contributed by atoms with Gasteiger partial charge in [-0.15, -0.1) is 0 Å². The number of aromatic nitrogens is 1. The Bertz CT molecular complexity index is 1650. The number of para-hydroxylation sites is 1. The van der Waals surface area contributed by atoms with Gasteiger partial charge < -0.3 is 18.9 Å². The van der Waals surface area contributed by atoms with Crippen LogP contribution in [-0.4, -0.2) is 35.8 Å². The molecular weight excluding hydrogens is 532 g/mol. The molecule has 0 saturated carbocycles. The van der Waals surface area contributed by atoms with Crippen LogP contribution in [0, 0.1) is 0 Å². The highest BCUT2D eigenvalue weighted by Crippen LogP contribution is 2.36. The van der Waals surface area contributed by atoms with Crippen molar-refractivity contribution in [2.45, 2.75) is 53.7 Å². The van der Waals surface area contributed by atoms with Crippen molar-refractivity contribution in [3.63, 3.8) is 0 Å². The molecule has 10 heteroatoms. The fourth-order valence-electron chi connectivity index (χ4n) is 4.43. The summed E-state index contributed by atoms with van der Waals surface area (Å²) in [6.45, 7) is 11.0. The van der Waals surface area contributed by atoms with Crippen LogP contribution in [-0.2, 0) is 14.3 Å². The predicted molar refractivity (Wildman–Crippen MR) is 152 cm³/mol. The van der Waals surface area contributed by atoms with E-state index < -0.39 is 18.0 Å². The number of esters is 2. The first kappa shape index (κ1) is 28.8. The lowest BCUT2D eigenvalue weighted by atomic mass is 9.95. The Hall–Kier alpha value is -4.18. The lowest BCUT2D eigenvalue weighted by molar-refractivity contribution is -0.139. The van der Waals surface area contributed by atoms with E-state index in [0.717, 1.165) is 0 Å². The Morgan fingerprint density at radius 2 is 1.82 bits per heavy atom. The standard InChI is InChI=1S/C30H32N2O7S/c1-7-36-24-15-20(13-14-23(24)39-19(6)33)16-25-28(34)32-27(21-11-9-10-12-22(21)38-17(3)4)26(29(35)37-8-2)18(5)31-30(32)40-25/h9-17,27H,7-8H2,1-6H3/b25-16-/t27-/m0/s1. The summed E-state index contributed by atoms with van der Waals surface area (Å²) in [5.74, 6) is 0.249. The zero-order chi connectivity index (χ0) is 29.0. The van der Waals surface area contributed by atoms with Gasteiger partial charge in [0.05, 0.1) is 35.1 Å². The molecule has 40 heavy (non-hydrogen) atoms. The van der Waals surface area contributed by atoms with Crippen LogP contribution in [0.5, 0.6) is 17.2 Å². The van der Waals surface area contributed by atoms with Gasteiger partial charge in [-0.1, -0.05) is 35.6 Å². The second-order valence-electron chi connectivity index (χ2n) is 9.24. The number of carbonyl (C=O) groups is 2. The molecule has 2 heterocycles. The highest BCUT2D eigenvalue weighted by atomic mass is 32.1. The molecule has 3 aromatic rings. The van der Waals surface area contributed by atoms with Crippen molar-refractivity contribution in [1.29, 1.82) is 0 Å². The van der Waals surface area contributed by atoms with E-state index in [1.165, 1.54) is 22.8 Å². The lowest BCUT2D eigenvalue weighted by Crippen LogP contribution is -2.40. The zero-order valence-corrected chi connectivity index (χ0v) is 24.2. The minimum Gasteiger partial charge on any atom is -0.491 e. The van der Waals surface area contributed by atoms with Gasteiger partial charge in [-0.05, 0) is 64.5 Å². The third-order valence-corrected chi connectivity index (χ3v) is 6.90. The lowest BCUT2D eigenvalue weighted by Gasteiger charge is -2.26. The number of allylic oxidation sites excluding steroid dienone is 1. The summed E-state index contributed by atoms with van der Waals surface area (Å²) in [6, 6.07) is 11.6. The smallest absolute Gasteiger partial charge is 0.338 e. The molecule has 0 amide bonds. The van der Waals surface area contributed by atoms with Gasteiger partial charge in [-0.3, -0.25) is 14.2 Å². The van der Waals surface area contributed by atoms with Crippen molar-refractivity contribution in [2.24, 2.45) is 4.99 Å². The number of rotatable bonds is 9. The number of benzene rings is 2. The van der Waals surface area contributed by atoms with Crippen LogP contribution >= 0.6 is 11.3 Å². The molecule has 2 aromatic carbocycles. The number of fused-ring (bicyclic) bond motifs is 1. The summed E-state index contributed by atoms with van der Waals surface area (Å²) in [5.41, 5.74) is 1.77. The molecule has 4 rings (SSSR count). The Labute approximate surface area is 236 Å². The highest BCUT2D eigenvalue weighted by Gasteiger charge is 2.35. The van der Waals surface area contributed by atoms with Crippen molar-refractivity contribution < 1.29 is 28.5 Å². The van der Waals surface area contributed by atoms with E-state index in [2.05, 4.69) is 4.99 Å². The van der Waals surface area contributed by atoms with Gasteiger partial charge in [-0.2, -0.15) is 0 Å². The minimum absolute atomic E-state index is 0.123. The quantitative estimate of drug-likeness (QED) is 0.287.